The van der Waals surface area contributed by atoms with E-state index >= 15 is 0 Å². The monoisotopic (exact) mass is 373 g/mol. The third-order valence-corrected chi connectivity index (χ3v) is 6.36. The average Bonchev–Trinajstić information content (AvgIpc) is 3.07. The summed E-state index contributed by atoms with van der Waals surface area (Å²) in [5.74, 6) is 3.21. The van der Waals surface area contributed by atoms with Gasteiger partial charge in [-0.15, -0.1) is 0 Å². The van der Waals surface area contributed by atoms with Crippen molar-refractivity contribution < 1.29 is 14.2 Å². The molecule has 4 rings (SSSR count). The minimum atomic E-state index is 0.358. The molecule has 1 heterocycles. The van der Waals surface area contributed by atoms with Crippen LogP contribution in [0.2, 0.25) is 0 Å². The molecule has 3 atom stereocenters. The number of benzene rings is 1. The second kappa shape index (κ2) is 7.97. The van der Waals surface area contributed by atoms with Crippen molar-refractivity contribution in [2.24, 2.45) is 16.3 Å². The quantitative estimate of drug-likeness (QED) is 0.437. The van der Waals surface area contributed by atoms with Crippen LogP contribution in [0.1, 0.15) is 32.6 Å². The molecule has 1 aliphatic heterocycles. The number of nitrogens with one attached hydrogen (secondary N) is 2. The van der Waals surface area contributed by atoms with Crippen LogP contribution in [-0.4, -0.2) is 51.5 Å². The van der Waals surface area contributed by atoms with Gasteiger partial charge in [-0.25, -0.2) is 4.99 Å². The summed E-state index contributed by atoms with van der Waals surface area (Å²) in [4.78, 5) is 4.73. The van der Waals surface area contributed by atoms with Crippen molar-refractivity contribution in [1.82, 2.24) is 10.6 Å². The van der Waals surface area contributed by atoms with Crippen LogP contribution in [0.4, 0.5) is 0 Å². The fourth-order valence-corrected chi connectivity index (χ4v) is 4.92. The van der Waals surface area contributed by atoms with Crippen LogP contribution in [-0.2, 0) is 4.74 Å². The first-order valence-electron chi connectivity index (χ1n) is 10.2. The van der Waals surface area contributed by atoms with Crippen molar-refractivity contribution in [3.63, 3.8) is 0 Å². The summed E-state index contributed by atoms with van der Waals surface area (Å²) in [6, 6.07) is 8.14. The van der Waals surface area contributed by atoms with Gasteiger partial charge in [0, 0.05) is 30.5 Å². The van der Waals surface area contributed by atoms with Crippen LogP contribution in [0.15, 0.2) is 29.3 Å². The predicted molar refractivity (Wildman–Crippen MR) is 106 cm³/mol. The third-order valence-electron chi connectivity index (χ3n) is 6.36. The number of hydrogen-bond donors (Lipinski definition) is 2. The normalized spacial score (nSPS) is 28.1. The Balaban J connectivity index is 1.30. The summed E-state index contributed by atoms with van der Waals surface area (Å²) in [6.07, 6.45) is 5.54. The lowest BCUT2D eigenvalue weighted by atomic mass is 9.46. The fraction of sp³-hybridized carbons (Fsp3) is 0.667. The number of guanidine groups is 1. The smallest absolute Gasteiger partial charge is 0.191 e. The van der Waals surface area contributed by atoms with Crippen LogP contribution < -0.4 is 20.1 Å². The lowest BCUT2D eigenvalue weighted by Gasteiger charge is -2.63. The average molecular weight is 373 g/mol. The zero-order valence-corrected chi connectivity index (χ0v) is 16.4. The summed E-state index contributed by atoms with van der Waals surface area (Å²) in [7, 11) is 1.66. The van der Waals surface area contributed by atoms with E-state index < -0.39 is 0 Å². The molecule has 148 valence electrons. The van der Waals surface area contributed by atoms with Gasteiger partial charge in [-0.1, -0.05) is 6.42 Å². The van der Waals surface area contributed by atoms with E-state index in [1.807, 2.05) is 24.3 Å². The Morgan fingerprint density at radius 3 is 2.70 bits per heavy atom. The maximum atomic E-state index is 6.02. The minimum absolute atomic E-state index is 0.358. The van der Waals surface area contributed by atoms with E-state index in [4.69, 9.17) is 19.2 Å². The van der Waals surface area contributed by atoms with Crippen molar-refractivity contribution in [2.45, 2.75) is 44.8 Å². The highest BCUT2D eigenvalue weighted by Crippen LogP contribution is 2.62. The molecule has 2 N–H and O–H groups in total. The van der Waals surface area contributed by atoms with Gasteiger partial charge in [0.05, 0.1) is 19.8 Å². The number of rotatable bonds is 7. The SMILES string of the molecule is CCNC(=NCCOc1ccc(OC)cc1)NC1C2CCOC2C12CCC2. The van der Waals surface area contributed by atoms with Crippen molar-refractivity contribution in [2.75, 3.05) is 33.4 Å². The number of ether oxygens (including phenoxy) is 3. The molecule has 2 aliphatic carbocycles. The lowest BCUT2D eigenvalue weighted by molar-refractivity contribution is -0.171. The standard InChI is InChI=1S/C21H31N3O3/c1-3-22-20(23-12-14-26-16-7-5-15(25-2)6-8-16)24-18-17-9-13-27-19(17)21(18)10-4-11-21/h5-8,17-19H,3-4,9-14H2,1-2H3,(H2,22,23,24). The first-order valence-corrected chi connectivity index (χ1v) is 10.2. The molecule has 1 aromatic carbocycles. The molecule has 1 spiro atoms. The van der Waals surface area contributed by atoms with Gasteiger partial charge in [-0.05, 0) is 50.5 Å². The molecule has 2 saturated carbocycles. The van der Waals surface area contributed by atoms with Gasteiger partial charge < -0.3 is 24.8 Å². The molecule has 3 unspecified atom stereocenters. The van der Waals surface area contributed by atoms with Gasteiger partial charge in [-0.3, -0.25) is 0 Å². The molecule has 3 aliphatic rings. The second-order valence-electron chi connectivity index (χ2n) is 7.74. The Morgan fingerprint density at radius 1 is 1.26 bits per heavy atom. The molecule has 0 bridgehead atoms. The maximum absolute atomic E-state index is 6.02. The molecule has 0 radical (unpaired) electrons. The van der Waals surface area contributed by atoms with Crippen molar-refractivity contribution >= 4 is 5.96 Å². The molecular weight excluding hydrogens is 342 g/mol. The highest BCUT2D eigenvalue weighted by molar-refractivity contribution is 5.80. The lowest BCUT2D eigenvalue weighted by Crippen LogP contribution is -2.72. The predicted octanol–water partition coefficient (Wildman–Crippen LogP) is 2.59. The van der Waals surface area contributed by atoms with Gasteiger partial charge in [0.2, 0.25) is 0 Å². The van der Waals surface area contributed by atoms with Crippen molar-refractivity contribution in [3.05, 3.63) is 24.3 Å². The first kappa shape index (κ1) is 18.4. The summed E-state index contributed by atoms with van der Waals surface area (Å²) in [5, 5.41) is 7.11. The highest BCUT2D eigenvalue weighted by atomic mass is 16.5. The van der Waals surface area contributed by atoms with Crippen molar-refractivity contribution in [3.8, 4) is 11.5 Å². The zero-order valence-electron chi connectivity index (χ0n) is 16.4. The minimum Gasteiger partial charge on any atom is -0.497 e. The first-order chi connectivity index (χ1) is 13.3. The van der Waals surface area contributed by atoms with Gasteiger partial charge in [-0.2, -0.15) is 0 Å². The maximum Gasteiger partial charge on any atom is 0.191 e. The topological polar surface area (TPSA) is 64.1 Å². The van der Waals surface area contributed by atoms with Gasteiger partial charge in [0.1, 0.15) is 18.1 Å². The van der Waals surface area contributed by atoms with Crippen LogP contribution in [0.5, 0.6) is 11.5 Å². The number of aliphatic imine (C=N–C) groups is 1. The van der Waals surface area contributed by atoms with E-state index in [0.29, 0.717) is 36.6 Å². The number of fused-ring (bicyclic) bond motifs is 2. The van der Waals surface area contributed by atoms with Crippen LogP contribution in [0.25, 0.3) is 0 Å². The number of hydrogen-bond acceptors (Lipinski definition) is 4. The Labute approximate surface area is 161 Å². The summed E-state index contributed by atoms with van der Waals surface area (Å²) in [6.45, 7) is 5.04. The Bertz CT molecular complexity index is 657. The molecule has 3 fully saturated rings. The van der Waals surface area contributed by atoms with Crippen LogP contribution >= 0.6 is 0 Å². The summed E-state index contributed by atoms with van der Waals surface area (Å²) < 4.78 is 17.0. The summed E-state index contributed by atoms with van der Waals surface area (Å²) in [5.41, 5.74) is 0.358. The Hall–Kier alpha value is -1.95. The molecule has 1 saturated heterocycles. The fourth-order valence-electron chi connectivity index (χ4n) is 4.92. The van der Waals surface area contributed by atoms with Crippen LogP contribution in [0.3, 0.4) is 0 Å². The Kier molecular flexibility index (Phi) is 5.43. The van der Waals surface area contributed by atoms with Crippen molar-refractivity contribution in [1.29, 1.82) is 0 Å². The van der Waals surface area contributed by atoms with E-state index in [2.05, 4.69) is 17.6 Å². The van der Waals surface area contributed by atoms with E-state index in [9.17, 15) is 0 Å². The molecular formula is C21H31N3O3. The third kappa shape index (κ3) is 3.47. The van der Waals surface area contributed by atoms with E-state index in [-0.39, 0.29) is 0 Å². The van der Waals surface area contributed by atoms with Gasteiger partial charge in [0.25, 0.3) is 0 Å². The molecule has 0 aromatic heterocycles. The van der Waals surface area contributed by atoms with E-state index in [1.54, 1.807) is 7.11 Å². The Morgan fingerprint density at radius 2 is 2.04 bits per heavy atom. The molecule has 6 heteroatoms. The highest BCUT2D eigenvalue weighted by Gasteiger charge is 2.66. The largest absolute Gasteiger partial charge is 0.497 e. The molecule has 6 nitrogen and oxygen atoms in total. The zero-order chi connectivity index (χ0) is 18.7. The van der Waals surface area contributed by atoms with E-state index in [0.717, 1.165) is 30.6 Å². The summed E-state index contributed by atoms with van der Waals surface area (Å²) >= 11 is 0. The molecule has 0 amide bonds. The van der Waals surface area contributed by atoms with Gasteiger partial charge >= 0.3 is 0 Å². The number of methoxy groups -OCH3 is 1. The number of nitrogens with zero attached hydrogens (tertiary/aromatic N) is 1. The molecule has 27 heavy (non-hydrogen) atoms. The molecule has 1 aromatic rings. The van der Waals surface area contributed by atoms with E-state index in [1.165, 1.54) is 25.7 Å². The van der Waals surface area contributed by atoms with Crippen LogP contribution in [0, 0.1) is 11.3 Å². The second-order valence-corrected chi connectivity index (χ2v) is 7.74. The van der Waals surface area contributed by atoms with Gasteiger partial charge in [0.15, 0.2) is 5.96 Å².